The van der Waals surface area contributed by atoms with Crippen molar-refractivity contribution in [1.82, 2.24) is 5.16 Å². The Labute approximate surface area is 114 Å². The molecule has 1 atom stereocenters. The van der Waals surface area contributed by atoms with E-state index < -0.39 is 12.1 Å². The zero-order chi connectivity index (χ0) is 13.9. The number of rotatable bonds is 4. The van der Waals surface area contributed by atoms with E-state index in [4.69, 9.17) is 9.26 Å². The number of para-hydroxylation sites is 2. The second kappa shape index (κ2) is 5.05. The van der Waals surface area contributed by atoms with Crippen LogP contribution in [0.5, 0.6) is 5.75 Å². The van der Waals surface area contributed by atoms with Gasteiger partial charge in [-0.15, -0.1) is 0 Å². The molecule has 20 heavy (non-hydrogen) atoms. The standard InChI is InChI=1S/C15H11NO4/c17-15(18)14(19-10-6-2-1-3-7-10)13-11-8-4-5-9-12(11)20-16-13/h1-9,14H,(H,17,18). The molecule has 0 saturated heterocycles. The summed E-state index contributed by atoms with van der Waals surface area (Å²) in [6.45, 7) is 0. The molecule has 0 bridgehead atoms. The summed E-state index contributed by atoms with van der Waals surface area (Å²) in [4.78, 5) is 11.4. The monoisotopic (exact) mass is 269 g/mol. The molecule has 3 aromatic rings. The van der Waals surface area contributed by atoms with Crippen LogP contribution in [-0.2, 0) is 4.79 Å². The predicted octanol–water partition coefficient (Wildman–Crippen LogP) is 3.03. The van der Waals surface area contributed by atoms with Crippen LogP contribution in [0.1, 0.15) is 11.8 Å². The van der Waals surface area contributed by atoms with Crippen molar-refractivity contribution in [3.8, 4) is 5.75 Å². The summed E-state index contributed by atoms with van der Waals surface area (Å²) in [6, 6.07) is 15.8. The van der Waals surface area contributed by atoms with Gasteiger partial charge < -0.3 is 14.4 Å². The minimum absolute atomic E-state index is 0.261. The third-order valence-corrected chi connectivity index (χ3v) is 2.88. The SMILES string of the molecule is O=C(O)C(Oc1ccccc1)c1noc2ccccc12. The van der Waals surface area contributed by atoms with Crippen LogP contribution < -0.4 is 4.74 Å². The van der Waals surface area contributed by atoms with Crippen LogP contribution >= 0.6 is 0 Å². The van der Waals surface area contributed by atoms with Crippen molar-refractivity contribution >= 4 is 16.9 Å². The van der Waals surface area contributed by atoms with Crippen molar-refractivity contribution < 1.29 is 19.2 Å². The first-order valence-electron chi connectivity index (χ1n) is 6.04. The maximum absolute atomic E-state index is 11.4. The number of hydrogen-bond donors (Lipinski definition) is 1. The van der Waals surface area contributed by atoms with Gasteiger partial charge in [0, 0.05) is 5.39 Å². The molecular weight excluding hydrogens is 258 g/mol. The number of nitrogens with zero attached hydrogens (tertiary/aromatic N) is 1. The van der Waals surface area contributed by atoms with Crippen molar-refractivity contribution in [3.63, 3.8) is 0 Å². The van der Waals surface area contributed by atoms with Crippen LogP contribution in [0.2, 0.25) is 0 Å². The molecule has 1 N–H and O–H groups in total. The molecular formula is C15H11NO4. The van der Waals surface area contributed by atoms with E-state index >= 15 is 0 Å². The highest BCUT2D eigenvalue weighted by Crippen LogP contribution is 2.27. The second-order valence-electron chi connectivity index (χ2n) is 4.21. The molecule has 0 aliphatic rings. The van der Waals surface area contributed by atoms with E-state index in [2.05, 4.69) is 5.16 Å². The fraction of sp³-hybridized carbons (Fsp3) is 0.0667. The maximum Gasteiger partial charge on any atom is 0.351 e. The lowest BCUT2D eigenvalue weighted by molar-refractivity contribution is -0.145. The van der Waals surface area contributed by atoms with E-state index in [1.54, 1.807) is 48.5 Å². The molecule has 1 unspecified atom stereocenters. The number of fused-ring (bicyclic) bond motifs is 1. The molecule has 0 aliphatic heterocycles. The minimum atomic E-state index is -1.21. The van der Waals surface area contributed by atoms with Gasteiger partial charge in [0.1, 0.15) is 11.4 Å². The Bertz CT molecular complexity index is 736. The molecule has 0 radical (unpaired) electrons. The summed E-state index contributed by atoms with van der Waals surface area (Å²) in [5.41, 5.74) is 0.794. The number of ether oxygens (including phenoxy) is 1. The molecule has 1 aromatic heterocycles. The van der Waals surface area contributed by atoms with E-state index in [0.29, 0.717) is 16.7 Å². The molecule has 0 aliphatic carbocycles. The average Bonchev–Trinajstić information content (AvgIpc) is 2.89. The fourth-order valence-electron chi connectivity index (χ4n) is 1.95. The van der Waals surface area contributed by atoms with Crippen LogP contribution in [0.3, 0.4) is 0 Å². The highest BCUT2D eigenvalue weighted by molar-refractivity contribution is 5.85. The Kier molecular flexibility index (Phi) is 3.09. The Hall–Kier alpha value is -2.82. The molecule has 5 heteroatoms. The van der Waals surface area contributed by atoms with Crippen LogP contribution in [0.25, 0.3) is 11.0 Å². The van der Waals surface area contributed by atoms with Crippen LogP contribution in [0.15, 0.2) is 59.1 Å². The third kappa shape index (κ3) is 2.21. The molecule has 2 aromatic carbocycles. The first-order valence-corrected chi connectivity index (χ1v) is 6.04. The molecule has 0 saturated carbocycles. The topological polar surface area (TPSA) is 72.6 Å². The van der Waals surface area contributed by atoms with Gasteiger partial charge in [-0.2, -0.15) is 0 Å². The smallest absolute Gasteiger partial charge is 0.351 e. The number of carboxylic acids is 1. The summed E-state index contributed by atoms with van der Waals surface area (Å²) in [5, 5.41) is 13.8. The van der Waals surface area contributed by atoms with E-state index in [1.165, 1.54) is 0 Å². The predicted molar refractivity (Wildman–Crippen MR) is 71.5 cm³/mol. The lowest BCUT2D eigenvalue weighted by Gasteiger charge is -2.12. The lowest BCUT2D eigenvalue weighted by atomic mass is 10.1. The Morgan fingerprint density at radius 3 is 2.55 bits per heavy atom. The van der Waals surface area contributed by atoms with Crippen molar-refractivity contribution in [2.75, 3.05) is 0 Å². The molecule has 0 fully saturated rings. The number of aromatic nitrogens is 1. The molecule has 0 spiro atoms. The quantitative estimate of drug-likeness (QED) is 0.788. The van der Waals surface area contributed by atoms with Crippen LogP contribution in [-0.4, -0.2) is 16.2 Å². The first kappa shape index (κ1) is 12.2. The first-order chi connectivity index (χ1) is 9.75. The van der Waals surface area contributed by atoms with Gasteiger partial charge in [-0.1, -0.05) is 35.5 Å². The fourth-order valence-corrected chi connectivity index (χ4v) is 1.95. The van der Waals surface area contributed by atoms with Gasteiger partial charge in [0.25, 0.3) is 0 Å². The number of hydrogen-bond acceptors (Lipinski definition) is 4. The van der Waals surface area contributed by atoms with Gasteiger partial charge in [-0.05, 0) is 24.3 Å². The molecule has 0 amide bonds. The van der Waals surface area contributed by atoms with Gasteiger partial charge in [-0.3, -0.25) is 0 Å². The van der Waals surface area contributed by atoms with E-state index in [-0.39, 0.29) is 5.69 Å². The summed E-state index contributed by atoms with van der Waals surface area (Å²) in [5.74, 6) is -0.653. The minimum Gasteiger partial charge on any atom is -0.478 e. The summed E-state index contributed by atoms with van der Waals surface area (Å²) >= 11 is 0. The van der Waals surface area contributed by atoms with Gasteiger partial charge in [-0.25, -0.2) is 4.79 Å². The summed E-state index contributed by atoms with van der Waals surface area (Å²) in [7, 11) is 0. The highest BCUT2D eigenvalue weighted by atomic mass is 16.5. The maximum atomic E-state index is 11.4. The molecule has 5 nitrogen and oxygen atoms in total. The van der Waals surface area contributed by atoms with Gasteiger partial charge in [0.05, 0.1) is 0 Å². The van der Waals surface area contributed by atoms with Gasteiger partial charge >= 0.3 is 5.97 Å². The third-order valence-electron chi connectivity index (χ3n) is 2.88. The van der Waals surface area contributed by atoms with Crippen molar-refractivity contribution in [3.05, 3.63) is 60.3 Å². The second-order valence-corrected chi connectivity index (χ2v) is 4.21. The average molecular weight is 269 g/mol. The van der Waals surface area contributed by atoms with Gasteiger partial charge in [0.2, 0.25) is 6.10 Å². The van der Waals surface area contributed by atoms with E-state index in [0.717, 1.165) is 0 Å². The van der Waals surface area contributed by atoms with Crippen LogP contribution in [0, 0.1) is 0 Å². The van der Waals surface area contributed by atoms with E-state index in [1.807, 2.05) is 6.07 Å². The Balaban J connectivity index is 2.01. The number of carbonyl (C=O) groups is 1. The Morgan fingerprint density at radius 1 is 1.10 bits per heavy atom. The normalized spacial score (nSPS) is 12.2. The molecule has 3 rings (SSSR count). The molecule has 100 valence electrons. The molecule has 1 heterocycles. The summed E-state index contributed by atoms with van der Waals surface area (Å²) in [6.07, 6.45) is -1.21. The van der Waals surface area contributed by atoms with E-state index in [9.17, 15) is 9.90 Å². The highest BCUT2D eigenvalue weighted by Gasteiger charge is 2.27. The number of carboxylic acid groups (broad SMARTS) is 1. The van der Waals surface area contributed by atoms with Crippen LogP contribution in [0.4, 0.5) is 0 Å². The van der Waals surface area contributed by atoms with Crippen molar-refractivity contribution in [2.45, 2.75) is 6.10 Å². The van der Waals surface area contributed by atoms with Gasteiger partial charge in [0.15, 0.2) is 5.58 Å². The lowest BCUT2D eigenvalue weighted by Crippen LogP contribution is -2.18. The van der Waals surface area contributed by atoms with Crippen molar-refractivity contribution in [1.29, 1.82) is 0 Å². The zero-order valence-corrected chi connectivity index (χ0v) is 10.4. The zero-order valence-electron chi connectivity index (χ0n) is 10.4. The van der Waals surface area contributed by atoms with Crippen molar-refractivity contribution in [2.24, 2.45) is 0 Å². The largest absolute Gasteiger partial charge is 0.478 e. The Morgan fingerprint density at radius 2 is 1.80 bits per heavy atom. The number of aliphatic carboxylic acids is 1. The summed E-state index contributed by atoms with van der Waals surface area (Å²) < 4.78 is 10.6. The number of benzene rings is 2.